The van der Waals surface area contributed by atoms with Crippen LogP contribution in [-0.4, -0.2) is 21.4 Å². The van der Waals surface area contributed by atoms with Gasteiger partial charge in [-0.05, 0) is 49.7 Å². The summed E-state index contributed by atoms with van der Waals surface area (Å²) in [5, 5.41) is 2.96. The molecule has 1 amide bonds. The lowest BCUT2D eigenvalue weighted by molar-refractivity contribution is 0.0940. The van der Waals surface area contributed by atoms with E-state index in [0.29, 0.717) is 11.3 Å². The quantitative estimate of drug-likeness (QED) is 0.661. The number of sulfonamides is 1. The van der Waals surface area contributed by atoms with E-state index in [9.17, 15) is 13.2 Å². The first kappa shape index (κ1) is 20.6. The maximum atomic E-state index is 12.8. The van der Waals surface area contributed by atoms with Gasteiger partial charge in [0.15, 0.2) is 0 Å². The van der Waals surface area contributed by atoms with Crippen molar-refractivity contribution in [3.63, 3.8) is 0 Å². The number of nitrogens with zero attached hydrogens (tertiary/aromatic N) is 1. The molecule has 1 atom stereocenters. The topological polar surface area (TPSA) is 66.5 Å². The monoisotopic (exact) mass is 408 g/mol. The van der Waals surface area contributed by atoms with E-state index < -0.39 is 10.0 Å². The number of nitrogens with one attached hydrogen (secondary N) is 1. The average Bonchev–Trinajstić information content (AvgIpc) is 2.74. The Bertz CT molecular complexity index is 1090. The molecule has 0 heterocycles. The summed E-state index contributed by atoms with van der Waals surface area (Å²) in [5.74, 6) is -0.259. The summed E-state index contributed by atoms with van der Waals surface area (Å²) in [5.41, 5.74) is 2.98. The highest BCUT2D eigenvalue weighted by Gasteiger charge is 2.22. The van der Waals surface area contributed by atoms with Crippen molar-refractivity contribution >= 4 is 21.6 Å². The third-order valence-corrected chi connectivity index (χ3v) is 6.60. The Morgan fingerprint density at radius 1 is 0.931 bits per heavy atom. The summed E-state index contributed by atoms with van der Waals surface area (Å²) in [6.07, 6.45) is 0. The van der Waals surface area contributed by atoms with Crippen LogP contribution < -0.4 is 9.62 Å². The van der Waals surface area contributed by atoms with Crippen molar-refractivity contribution in [1.29, 1.82) is 0 Å². The van der Waals surface area contributed by atoms with Crippen LogP contribution in [0, 0.1) is 6.92 Å². The zero-order valence-electron chi connectivity index (χ0n) is 16.7. The van der Waals surface area contributed by atoms with Gasteiger partial charge in [0.2, 0.25) is 0 Å². The molecular formula is C23H24N2O3S. The van der Waals surface area contributed by atoms with Crippen LogP contribution in [0.1, 0.15) is 34.5 Å². The zero-order chi connectivity index (χ0) is 21.0. The Balaban J connectivity index is 1.80. The molecule has 0 aliphatic carbocycles. The normalized spacial score (nSPS) is 12.2. The molecule has 0 aliphatic heterocycles. The number of anilines is 1. The van der Waals surface area contributed by atoms with E-state index in [1.165, 1.54) is 11.4 Å². The predicted octanol–water partition coefficient (Wildman–Crippen LogP) is 4.31. The second kappa shape index (κ2) is 8.49. The molecule has 3 aromatic carbocycles. The lowest BCUT2D eigenvalue weighted by Crippen LogP contribution is -2.28. The molecule has 0 saturated carbocycles. The molecule has 0 bridgehead atoms. The largest absolute Gasteiger partial charge is 0.346 e. The molecule has 0 aromatic heterocycles. The van der Waals surface area contributed by atoms with Crippen molar-refractivity contribution in [2.45, 2.75) is 24.8 Å². The summed E-state index contributed by atoms with van der Waals surface area (Å²) in [4.78, 5) is 12.9. The Morgan fingerprint density at radius 3 is 2.24 bits per heavy atom. The van der Waals surface area contributed by atoms with E-state index in [-0.39, 0.29) is 16.8 Å². The summed E-state index contributed by atoms with van der Waals surface area (Å²) in [6.45, 7) is 3.93. The fourth-order valence-electron chi connectivity index (χ4n) is 2.95. The standard InChI is InChI=1S/C23H24N2O3S/c1-17-12-14-19(15-13-17)18(2)24-23(26)20-8-7-9-21(16-20)25(3)29(27,28)22-10-5-4-6-11-22/h4-16,18H,1-3H3,(H,24,26)/t18-/m1/s1. The van der Waals surface area contributed by atoms with Crippen molar-refractivity contribution in [3.8, 4) is 0 Å². The summed E-state index contributed by atoms with van der Waals surface area (Å²) in [6, 6.07) is 22.6. The first-order chi connectivity index (χ1) is 13.8. The predicted molar refractivity (Wildman–Crippen MR) is 116 cm³/mol. The van der Waals surface area contributed by atoms with Crippen LogP contribution in [0.25, 0.3) is 0 Å². The van der Waals surface area contributed by atoms with Crippen molar-refractivity contribution in [1.82, 2.24) is 5.32 Å². The number of carbonyl (C=O) groups is 1. The van der Waals surface area contributed by atoms with Gasteiger partial charge in [-0.1, -0.05) is 54.1 Å². The Labute approximate surface area is 172 Å². The van der Waals surface area contributed by atoms with Gasteiger partial charge in [-0.25, -0.2) is 8.42 Å². The van der Waals surface area contributed by atoms with E-state index in [1.54, 1.807) is 54.6 Å². The highest BCUT2D eigenvalue weighted by Crippen LogP contribution is 2.23. The minimum absolute atomic E-state index is 0.169. The lowest BCUT2D eigenvalue weighted by Gasteiger charge is -2.20. The molecule has 1 N–H and O–H groups in total. The number of aryl methyl sites for hydroxylation is 1. The highest BCUT2D eigenvalue weighted by molar-refractivity contribution is 7.92. The number of amides is 1. The molecule has 0 spiro atoms. The highest BCUT2D eigenvalue weighted by atomic mass is 32.2. The van der Waals surface area contributed by atoms with Crippen LogP contribution >= 0.6 is 0 Å². The zero-order valence-corrected chi connectivity index (χ0v) is 17.5. The molecule has 3 rings (SSSR count). The molecule has 29 heavy (non-hydrogen) atoms. The maximum absolute atomic E-state index is 12.8. The molecule has 6 heteroatoms. The number of hydrogen-bond acceptors (Lipinski definition) is 3. The van der Waals surface area contributed by atoms with Gasteiger partial charge >= 0.3 is 0 Å². The Hall–Kier alpha value is -3.12. The fourth-order valence-corrected chi connectivity index (χ4v) is 4.16. The third kappa shape index (κ3) is 4.66. The first-order valence-corrected chi connectivity index (χ1v) is 10.7. The van der Waals surface area contributed by atoms with Crippen LogP contribution in [0.15, 0.2) is 83.8 Å². The van der Waals surface area contributed by atoms with E-state index in [4.69, 9.17) is 0 Å². The second-order valence-electron chi connectivity index (χ2n) is 6.94. The van der Waals surface area contributed by atoms with Gasteiger partial charge in [0.05, 0.1) is 16.6 Å². The summed E-state index contributed by atoms with van der Waals surface area (Å²) in [7, 11) is -2.22. The van der Waals surface area contributed by atoms with Crippen molar-refractivity contribution in [3.05, 3.63) is 95.6 Å². The van der Waals surface area contributed by atoms with Gasteiger partial charge in [-0.2, -0.15) is 0 Å². The molecule has 0 radical (unpaired) electrons. The summed E-state index contributed by atoms with van der Waals surface area (Å²) >= 11 is 0. The van der Waals surface area contributed by atoms with E-state index in [2.05, 4.69) is 5.32 Å². The molecule has 5 nitrogen and oxygen atoms in total. The number of benzene rings is 3. The Morgan fingerprint density at radius 2 is 1.59 bits per heavy atom. The van der Waals surface area contributed by atoms with Gasteiger partial charge in [-0.15, -0.1) is 0 Å². The number of hydrogen-bond donors (Lipinski definition) is 1. The molecule has 0 unspecified atom stereocenters. The second-order valence-corrected chi connectivity index (χ2v) is 8.91. The average molecular weight is 409 g/mol. The van der Waals surface area contributed by atoms with E-state index in [1.807, 2.05) is 38.1 Å². The number of carbonyl (C=O) groups excluding carboxylic acids is 1. The van der Waals surface area contributed by atoms with Crippen LogP contribution in [0.3, 0.4) is 0 Å². The third-order valence-electron chi connectivity index (χ3n) is 4.80. The van der Waals surface area contributed by atoms with Crippen LogP contribution in [0.4, 0.5) is 5.69 Å². The van der Waals surface area contributed by atoms with Crippen molar-refractivity contribution in [2.75, 3.05) is 11.4 Å². The van der Waals surface area contributed by atoms with Crippen LogP contribution in [0.2, 0.25) is 0 Å². The minimum Gasteiger partial charge on any atom is -0.346 e. The molecule has 0 fully saturated rings. The smallest absolute Gasteiger partial charge is 0.264 e. The Kier molecular flexibility index (Phi) is 6.03. The lowest BCUT2D eigenvalue weighted by atomic mass is 10.1. The molecule has 0 saturated heterocycles. The van der Waals surface area contributed by atoms with Crippen molar-refractivity contribution in [2.24, 2.45) is 0 Å². The van der Waals surface area contributed by atoms with Crippen molar-refractivity contribution < 1.29 is 13.2 Å². The first-order valence-electron chi connectivity index (χ1n) is 9.30. The fraction of sp³-hybridized carbons (Fsp3) is 0.174. The van der Waals surface area contributed by atoms with Gasteiger partial charge in [0, 0.05) is 12.6 Å². The van der Waals surface area contributed by atoms with E-state index in [0.717, 1.165) is 11.1 Å². The molecule has 150 valence electrons. The van der Waals surface area contributed by atoms with Gasteiger partial charge < -0.3 is 5.32 Å². The molecular weight excluding hydrogens is 384 g/mol. The summed E-state index contributed by atoms with van der Waals surface area (Å²) < 4.78 is 26.8. The van der Waals surface area contributed by atoms with Gasteiger partial charge in [-0.3, -0.25) is 9.10 Å². The van der Waals surface area contributed by atoms with Gasteiger partial charge in [0.25, 0.3) is 15.9 Å². The molecule has 3 aromatic rings. The van der Waals surface area contributed by atoms with Crippen LogP contribution in [0.5, 0.6) is 0 Å². The SMILES string of the molecule is Cc1ccc([C@@H](C)NC(=O)c2cccc(N(C)S(=O)(=O)c3ccccc3)c2)cc1. The van der Waals surface area contributed by atoms with Crippen LogP contribution in [-0.2, 0) is 10.0 Å². The minimum atomic E-state index is -3.70. The number of rotatable bonds is 6. The van der Waals surface area contributed by atoms with Gasteiger partial charge in [0.1, 0.15) is 0 Å². The van der Waals surface area contributed by atoms with E-state index >= 15 is 0 Å². The molecule has 0 aliphatic rings. The maximum Gasteiger partial charge on any atom is 0.264 e.